The van der Waals surface area contributed by atoms with E-state index in [1.54, 1.807) is 12.3 Å². The van der Waals surface area contributed by atoms with Gasteiger partial charge in [-0.3, -0.25) is 0 Å². The third kappa shape index (κ3) is 4.84. The van der Waals surface area contributed by atoms with Crippen molar-refractivity contribution in [1.29, 1.82) is 0 Å². The van der Waals surface area contributed by atoms with Crippen LogP contribution in [0.4, 0.5) is 5.69 Å². The molecule has 0 saturated carbocycles. The zero-order valence-corrected chi connectivity index (χ0v) is 12.2. The van der Waals surface area contributed by atoms with Gasteiger partial charge in [0.05, 0.1) is 18.5 Å². The summed E-state index contributed by atoms with van der Waals surface area (Å²) < 4.78 is 10.8. The quantitative estimate of drug-likeness (QED) is 0.751. The van der Waals surface area contributed by atoms with Gasteiger partial charge in [-0.2, -0.15) is 0 Å². The summed E-state index contributed by atoms with van der Waals surface area (Å²) >= 11 is 0. The van der Waals surface area contributed by atoms with Crippen LogP contribution < -0.4 is 14.8 Å². The van der Waals surface area contributed by atoms with Crippen molar-refractivity contribution in [3.8, 4) is 11.6 Å². The van der Waals surface area contributed by atoms with Crippen LogP contribution in [0.2, 0.25) is 0 Å². The summed E-state index contributed by atoms with van der Waals surface area (Å²) in [6, 6.07) is 11.8. The highest BCUT2D eigenvalue weighted by atomic mass is 16.5. The minimum Gasteiger partial charge on any atom is -0.490 e. The van der Waals surface area contributed by atoms with Gasteiger partial charge in [0.1, 0.15) is 12.4 Å². The second-order valence-corrected chi connectivity index (χ2v) is 4.42. The van der Waals surface area contributed by atoms with Gasteiger partial charge in [0, 0.05) is 12.6 Å². The van der Waals surface area contributed by atoms with Crippen LogP contribution in [0.25, 0.3) is 0 Å². The minimum absolute atomic E-state index is 0.523. The fourth-order valence-corrected chi connectivity index (χ4v) is 1.78. The molecule has 1 aromatic carbocycles. The SMILES string of the molecule is C=CCOc1ccc(CNc2ccc(OCC)nc2)cc1. The summed E-state index contributed by atoms with van der Waals surface area (Å²) in [5.41, 5.74) is 2.14. The Bertz CT molecular complexity index is 550. The molecule has 0 amide bonds. The number of nitrogens with one attached hydrogen (secondary N) is 1. The Balaban J connectivity index is 1.85. The lowest BCUT2D eigenvalue weighted by molar-refractivity contribution is 0.327. The number of rotatable bonds is 8. The van der Waals surface area contributed by atoms with E-state index < -0.39 is 0 Å². The van der Waals surface area contributed by atoms with Gasteiger partial charge in [0.25, 0.3) is 0 Å². The van der Waals surface area contributed by atoms with Gasteiger partial charge in [0.15, 0.2) is 0 Å². The number of pyridine rings is 1. The molecule has 0 atom stereocenters. The van der Waals surface area contributed by atoms with E-state index in [0.717, 1.165) is 18.0 Å². The molecule has 21 heavy (non-hydrogen) atoms. The van der Waals surface area contributed by atoms with Crippen LogP contribution in [-0.2, 0) is 6.54 Å². The van der Waals surface area contributed by atoms with E-state index >= 15 is 0 Å². The van der Waals surface area contributed by atoms with Crippen molar-refractivity contribution >= 4 is 5.69 Å². The molecule has 0 bridgehead atoms. The van der Waals surface area contributed by atoms with Gasteiger partial charge in [-0.25, -0.2) is 4.98 Å². The molecular weight excluding hydrogens is 264 g/mol. The Kier molecular flexibility index (Phi) is 5.64. The highest BCUT2D eigenvalue weighted by Gasteiger charge is 1.98. The van der Waals surface area contributed by atoms with Crippen LogP contribution in [-0.4, -0.2) is 18.2 Å². The number of anilines is 1. The molecule has 110 valence electrons. The molecule has 1 aromatic heterocycles. The Morgan fingerprint density at radius 2 is 1.95 bits per heavy atom. The summed E-state index contributed by atoms with van der Waals surface area (Å²) in [5.74, 6) is 1.49. The Hall–Kier alpha value is -2.49. The number of nitrogens with zero attached hydrogens (tertiary/aromatic N) is 1. The van der Waals surface area contributed by atoms with E-state index in [2.05, 4.69) is 16.9 Å². The lowest BCUT2D eigenvalue weighted by Crippen LogP contribution is -2.01. The number of ether oxygens (including phenoxy) is 2. The smallest absolute Gasteiger partial charge is 0.213 e. The highest BCUT2D eigenvalue weighted by Crippen LogP contribution is 2.15. The number of aromatic nitrogens is 1. The second-order valence-electron chi connectivity index (χ2n) is 4.42. The lowest BCUT2D eigenvalue weighted by atomic mass is 10.2. The fraction of sp³-hybridized carbons (Fsp3) is 0.235. The topological polar surface area (TPSA) is 43.4 Å². The largest absolute Gasteiger partial charge is 0.490 e. The van der Waals surface area contributed by atoms with Crippen LogP contribution in [0.1, 0.15) is 12.5 Å². The standard InChI is InChI=1S/C17H20N2O2/c1-3-11-21-16-8-5-14(6-9-16)12-18-15-7-10-17(19-13-15)20-4-2/h3,5-10,13,18H,1,4,11-12H2,2H3. The van der Waals surface area contributed by atoms with Gasteiger partial charge < -0.3 is 14.8 Å². The maximum atomic E-state index is 5.45. The molecule has 2 aromatic rings. The summed E-state index contributed by atoms with van der Waals surface area (Å²) in [7, 11) is 0. The summed E-state index contributed by atoms with van der Waals surface area (Å²) in [4.78, 5) is 4.21. The molecule has 0 unspecified atom stereocenters. The average molecular weight is 284 g/mol. The van der Waals surface area contributed by atoms with Gasteiger partial charge in [-0.1, -0.05) is 24.8 Å². The van der Waals surface area contributed by atoms with E-state index in [4.69, 9.17) is 9.47 Å². The van der Waals surface area contributed by atoms with Crippen LogP contribution >= 0.6 is 0 Å². The molecule has 4 heteroatoms. The van der Waals surface area contributed by atoms with E-state index in [1.165, 1.54) is 5.56 Å². The second kappa shape index (κ2) is 7.94. The van der Waals surface area contributed by atoms with Gasteiger partial charge in [0.2, 0.25) is 5.88 Å². The summed E-state index contributed by atoms with van der Waals surface area (Å²) in [6.07, 6.45) is 3.50. The number of hydrogen-bond acceptors (Lipinski definition) is 4. The Labute approximate surface area is 125 Å². The summed E-state index contributed by atoms with van der Waals surface area (Å²) in [6.45, 7) is 7.45. The first-order valence-corrected chi connectivity index (χ1v) is 6.97. The zero-order chi connectivity index (χ0) is 14.9. The van der Waals surface area contributed by atoms with Gasteiger partial charge in [-0.05, 0) is 30.7 Å². The van der Waals surface area contributed by atoms with Crippen LogP contribution in [0.3, 0.4) is 0 Å². The molecule has 0 saturated heterocycles. The van der Waals surface area contributed by atoms with Gasteiger partial charge in [-0.15, -0.1) is 0 Å². The van der Waals surface area contributed by atoms with E-state index in [9.17, 15) is 0 Å². The van der Waals surface area contributed by atoms with Crippen LogP contribution in [0.15, 0.2) is 55.3 Å². The number of hydrogen-bond donors (Lipinski definition) is 1. The van der Waals surface area contributed by atoms with Crippen LogP contribution in [0, 0.1) is 0 Å². The molecule has 4 nitrogen and oxygen atoms in total. The lowest BCUT2D eigenvalue weighted by Gasteiger charge is -2.08. The highest BCUT2D eigenvalue weighted by molar-refractivity contribution is 5.43. The molecule has 0 spiro atoms. The molecule has 1 heterocycles. The van der Waals surface area contributed by atoms with E-state index in [-0.39, 0.29) is 0 Å². The van der Waals surface area contributed by atoms with E-state index in [0.29, 0.717) is 19.1 Å². The van der Waals surface area contributed by atoms with Gasteiger partial charge >= 0.3 is 0 Å². The van der Waals surface area contributed by atoms with Crippen molar-refractivity contribution in [3.63, 3.8) is 0 Å². The third-order valence-corrected chi connectivity index (χ3v) is 2.82. The first-order chi connectivity index (χ1) is 10.3. The zero-order valence-electron chi connectivity index (χ0n) is 12.2. The molecule has 0 fully saturated rings. The molecule has 1 N–H and O–H groups in total. The van der Waals surface area contributed by atoms with Crippen molar-refractivity contribution < 1.29 is 9.47 Å². The van der Waals surface area contributed by atoms with Crippen molar-refractivity contribution in [2.75, 3.05) is 18.5 Å². The maximum Gasteiger partial charge on any atom is 0.213 e. The first kappa shape index (κ1) is 14.9. The maximum absolute atomic E-state index is 5.45. The van der Waals surface area contributed by atoms with Crippen molar-refractivity contribution in [2.24, 2.45) is 0 Å². The fourth-order valence-electron chi connectivity index (χ4n) is 1.78. The Morgan fingerprint density at radius 1 is 1.14 bits per heavy atom. The molecule has 0 aliphatic rings. The molecule has 0 aliphatic carbocycles. The normalized spacial score (nSPS) is 9.95. The summed E-state index contributed by atoms with van der Waals surface area (Å²) in [5, 5.41) is 3.32. The van der Waals surface area contributed by atoms with Crippen LogP contribution in [0.5, 0.6) is 11.6 Å². The average Bonchev–Trinajstić information content (AvgIpc) is 2.53. The van der Waals surface area contributed by atoms with E-state index in [1.807, 2.05) is 43.3 Å². The first-order valence-electron chi connectivity index (χ1n) is 6.97. The third-order valence-electron chi connectivity index (χ3n) is 2.82. The van der Waals surface area contributed by atoms with Crippen molar-refractivity contribution in [3.05, 3.63) is 60.8 Å². The predicted molar refractivity (Wildman–Crippen MR) is 84.9 cm³/mol. The molecular formula is C17H20N2O2. The Morgan fingerprint density at radius 3 is 2.57 bits per heavy atom. The predicted octanol–water partition coefficient (Wildman–Crippen LogP) is 3.66. The van der Waals surface area contributed by atoms with Crippen molar-refractivity contribution in [2.45, 2.75) is 13.5 Å². The molecule has 2 rings (SSSR count). The minimum atomic E-state index is 0.523. The molecule has 0 radical (unpaired) electrons. The molecule has 0 aliphatic heterocycles. The number of benzene rings is 1. The monoisotopic (exact) mass is 284 g/mol. The van der Waals surface area contributed by atoms with Crippen molar-refractivity contribution in [1.82, 2.24) is 4.98 Å².